The van der Waals surface area contributed by atoms with Gasteiger partial charge < -0.3 is 10.4 Å². The molecule has 0 radical (unpaired) electrons. The summed E-state index contributed by atoms with van der Waals surface area (Å²) in [6.45, 7) is 0. The van der Waals surface area contributed by atoms with Crippen LogP contribution in [-0.4, -0.2) is 10.1 Å². The first-order valence-corrected chi connectivity index (χ1v) is 7.23. The van der Waals surface area contributed by atoms with E-state index in [-0.39, 0.29) is 0 Å². The minimum atomic E-state index is 0.315. The lowest BCUT2D eigenvalue weighted by molar-refractivity contribution is 0.474. The van der Waals surface area contributed by atoms with Crippen LogP contribution in [0.15, 0.2) is 54.7 Å². The number of hydrogen-bond donors (Lipinski definition) is 2. The van der Waals surface area contributed by atoms with Gasteiger partial charge in [0.2, 0.25) is 0 Å². The van der Waals surface area contributed by atoms with Crippen molar-refractivity contribution < 1.29 is 5.11 Å². The summed E-state index contributed by atoms with van der Waals surface area (Å²) >= 11 is 0. The van der Waals surface area contributed by atoms with Gasteiger partial charge in [0.15, 0.2) is 0 Å². The van der Waals surface area contributed by atoms with Crippen molar-refractivity contribution in [1.29, 1.82) is 0 Å². The van der Waals surface area contributed by atoms with Crippen molar-refractivity contribution in [1.82, 2.24) is 4.98 Å². The van der Waals surface area contributed by atoms with E-state index in [2.05, 4.69) is 28.5 Å². The molecule has 0 spiro atoms. The van der Waals surface area contributed by atoms with Gasteiger partial charge in [-0.1, -0.05) is 12.1 Å². The maximum Gasteiger partial charge on any atom is 0.115 e. The molecule has 21 heavy (non-hydrogen) atoms. The fourth-order valence-electron chi connectivity index (χ4n) is 3.12. The third-order valence-electron chi connectivity index (χ3n) is 4.15. The van der Waals surface area contributed by atoms with Gasteiger partial charge in [0.05, 0.1) is 11.6 Å². The number of aromatic hydroxyl groups is 1. The lowest BCUT2D eigenvalue weighted by Gasteiger charge is -2.16. The number of fused-ring (bicyclic) bond motifs is 2. The Kier molecular flexibility index (Phi) is 2.78. The summed E-state index contributed by atoms with van der Waals surface area (Å²) in [5.41, 5.74) is 4.66. The molecular weight excluding hydrogens is 260 g/mol. The van der Waals surface area contributed by atoms with E-state index >= 15 is 0 Å². The molecule has 4 rings (SSSR count). The maximum absolute atomic E-state index is 9.56. The highest BCUT2D eigenvalue weighted by molar-refractivity contribution is 5.82. The average Bonchev–Trinajstić information content (AvgIpc) is 2.89. The molecule has 0 amide bonds. The number of phenols is 1. The molecule has 1 atom stereocenters. The summed E-state index contributed by atoms with van der Waals surface area (Å²) in [5, 5.41) is 14.3. The summed E-state index contributed by atoms with van der Waals surface area (Å²) in [5.74, 6) is 0.353. The molecular formula is C18H16N2O. The van der Waals surface area contributed by atoms with E-state index in [1.807, 2.05) is 30.5 Å². The predicted molar refractivity (Wildman–Crippen MR) is 84.5 cm³/mol. The zero-order chi connectivity index (χ0) is 14.2. The van der Waals surface area contributed by atoms with Crippen LogP contribution in [0.25, 0.3) is 10.9 Å². The molecule has 0 bridgehead atoms. The molecule has 1 aromatic heterocycles. The zero-order valence-corrected chi connectivity index (χ0v) is 11.6. The quantitative estimate of drug-likeness (QED) is 0.742. The van der Waals surface area contributed by atoms with E-state index in [0.717, 1.165) is 29.4 Å². The van der Waals surface area contributed by atoms with Crippen LogP contribution in [0.2, 0.25) is 0 Å². The number of phenolic OH excluding ortho intramolecular Hbond substituents is 1. The Balaban J connectivity index is 1.64. The molecule has 3 nitrogen and oxygen atoms in total. The molecule has 0 saturated heterocycles. The van der Waals surface area contributed by atoms with E-state index in [9.17, 15) is 5.11 Å². The predicted octanol–water partition coefficient (Wildman–Crippen LogP) is 4.04. The first-order valence-electron chi connectivity index (χ1n) is 7.23. The molecule has 0 fully saturated rings. The molecule has 3 aromatic rings. The van der Waals surface area contributed by atoms with Crippen LogP contribution < -0.4 is 5.32 Å². The molecule has 1 aliphatic rings. The lowest BCUT2D eigenvalue weighted by Crippen LogP contribution is -2.06. The Morgan fingerprint density at radius 1 is 1.10 bits per heavy atom. The topological polar surface area (TPSA) is 45.1 Å². The fourth-order valence-corrected chi connectivity index (χ4v) is 3.12. The monoisotopic (exact) mass is 276 g/mol. The van der Waals surface area contributed by atoms with E-state index in [4.69, 9.17) is 0 Å². The van der Waals surface area contributed by atoms with Crippen molar-refractivity contribution in [3.63, 3.8) is 0 Å². The SMILES string of the molecule is Oc1ccc2c(c1)CCC2Nc1ccc2ncccc2c1. The van der Waals surface area contributed by atoms with E-state index in [0.29, 0.717) is 11.8 Å². The fraction of sp³-hybridized carbons (Fsp3) is 0.167. The van der Waals surface area contributed by atoms with Crippen molar-refractivity contribution in [2.75, 3.05) is 5.32 Å². The highest BCUT2D eigenvalue weighted by Crippen LogP contribution is 2.35. The van der Waals surface area contributed by atoms with Crippen molar-refractivity contribution >= 4 is 16.6 Å². The normalized spacial score (nSPS) is 16.9. The van der Waals surface area contributed by atoms with Crippen LogP contribution in [0, 0.1) is 0 Å². The molecule has 2 aromatic carbocycles. The van der Waals surface area contributed by atoms with Crippen LogP contribution in [0.5, 0.6) is 5.75 Å². The summed E-state index contributed by atoms with van der Waals surface area (Å²) in [6, 6.07) is 16.3. The molecule has 3 heteroatoms. The van der Waals surface area contributed by atoms with Gasteiger partial charge in [0.1, 0.15) is 5.75 Å². The molecule has 1 heterocycles. The minimum Gasteiger partial charge on any atom is -0.508 e. The van der Waals surface area contributed by atoms with Crippen molar-refractivity contribution in [3.05, 3.63) is 65.9 Å². The highest BCUT2D eigenvalue weighted by Gasteiger charge is 2.22. The number of pyridine rings is 1. The molecule has 104 valence electrons. The van der Waals surface area contributed by atoms with E-state index in [1.54, 1.807) is 6.07 Å². The second kappa shape index (κ2) is 4.77. The van der Waals surface area contributed by atoms with E-state index in [1.165, 1.54) is 11.1 Å². The Hall–Kier alpha value is -2.55. The number of nitrogens with zero attached hydrogens (tertiary/aromatic N) is 1. The summed E-state index contributed by atoms with van der Waals surface area (Å²) < 4.78 is 0. The maximum atomic E-state index is 9.56. The Labute approximate surface area is 123 Å². The largest absolute Gasteiger partial charge is 0.508 e. The third kappa shape index (κ3) is 2.21. The van der Waals surface area contributed by atoms with Gasteiger partial charge in [-0.25, -0.2) is 0 Å². The summed E-state index contributed by atoms with van der Waals surface area (Å²) in [6.07, 6.45) is 3.88. The van der Waals surface area contributed by atoms with Crippen molar-refractivity contribution in [3.8, 4) is 5.75 Å². The van der Waals surface area contributed by atoms with Gasteiger partial charge in [-0.15, -0.1) is 0 Å². The zero-order valence-electron chi connectivity index (χ0n) is 11.6. The Morgan fingerprint density at radius 3 is 3.00 bits per heavy atom. The van der Waals surface area contributed by atoms with Crippen molar-refractivity contribution in [2.24, 2.45) is 0 Å². The van der Waals surface area contributed by atoms with Gasteiger partial charge in [0.25, 0.3) is 0 Å². The first-order chi connectivity index (χ1) is 10.3. The average molecular weight is 276 g/mol. The Morgan fingerprint density at radius 2 is 2.05 bits per heavy atom. The van der Waals surface area contributed by atoms with Crippen LogP contribution in [0.3, 0.4) is 0 Å². The second-order valence-electron chi connectivity index (χ2n) is 5.53. The molecule has 1 aliphatic carbocycles. The van der Waals surface area contributed by atoms with Crippen LogP contribution >= 0.6 is 0 Å². The Bertz CT molecular complexity index is 813. The van der Waals surface area contributed by atoms with Gasteiger partial charge in [-0.3, -0.25) is 4.98 Å². The molecule has 2 N–H and O–H groups in total. The number of hydrogen-bond acceptors (Lipinski definition) is 3. The summed E-state index contributed by atoms with van der Waals surface area (Å²) in [4.78, 5) is 4.34. The van der Waals surface area contributed by atoms with Crippen LogP contribution in [0.1, 0.15) is 23.6 Å². The third-order valence-corrected chi connectivity index (χ3v) is 4.15. The van der Waals surface area contributed by atoms with Gasteiger partial charge in [0, 0.05) is 17.3 Å². The highest BCUT2D eigenvalue weighted by atomic mass is 16.3. The van der Waals surface area contributed by atoms with Gasteiger partial charge >= 0.3 is 0 Å². The number of anilines is 1. The minimum absolute atomic E-state index is 0.315. The standard InChI is InChI=1S/C18H16N2O/c21-15-5-6-16-12(11-15)3-7-18(16)20-14-4-8-17-13(10-14)2-1-9-19-17/h1-2,4-6,8-11,18,20-21H,3,7H2. The molecule has 0 saturated carbocycles. The number of nitrogens with one attached hydrogen (secondary N) is 1. The second-order valence-corrected chi connectivity index (χ2v) is 5.53. The number of rotatable bonds is 2. The van der Waals surface area contributed by atoms with Gasteiger partial charge in [-0.05, 0) is 60.4 Å². The van der Waals surface area contributed by atoms with Crippen LogP contribution in [-0.2, 0) is 6.42 Å². The van der Waals surface area contributed by atoms with Crippen LogP contribution in [0.4, 0.5) is 5.69 Å². The number of aromatic nitrogens is 1. The van der Waals surface area contributed by atoms with Crippen molar-refractivity contribution in [2.45, 2.75) is 18.9 Å². The van der Waals surface area contributed by atoms with E-state index < -0.39 is 0 Å². The molecule has 1 unspecified atom stereocenters. The smallest absolute Gasteiger partial charge is 0.115 e. The number of benzene rings is 2. The number of aryl methyl sites for hydroxylation is 1. The first kappa shape index (κ1) is 12.2. The lowest BCUT2D eigenvalue weighted by atomic mass is 10.1. The summed E-state index contributed by atoms with van der Waals surface area (Å²) in [7, 11) is 0. The molecule has 0 aliphatic heterocycles. The van der Waals surface area contributed by atoms with Gasteiger partial charge in [-0.2, -0.15) is 0 Å².